The lowest BCUT2D eigenvalue weighted by Crippen LogP contribution is -2.53. The second-order valence-corrected chi connectivity index (χ2v) is 17.9. The number of carbonyl (C=O) groups excluding carboxylic acids is 1. The fraction of sp³-hybridized carbons (Fsp3) is 0.941. The van der Waals surface area contributed by atoms with Gasteiger partial charge in [0.1, 0.15) is 12.2 Å². The van der Waals surface area contributed by atoms with E-state index < -0.39 is 36.9 Å². The Bertz CT molecular complexity index is 821. The first kappa shape index (κ1) is 56.0. The molecule has 0 saturated carbocycles. The molecule has 0 fully saturated rings. The van der Waals surface area contributed by atoms with Gasteiger partial charge in [0.2, 0.25) is 5.91 Å². The lowest BCUT2D eigenvalue weighted by atomic mass is 9.99. The van der Waals surface area contributed by atoms with Gasteiger partial charge in [0.05, 0.1) is 18.8 Å². The molecule has 5 N–H and O–H groups in total. The van der Waals surface area contributed by atoms with Gasteiger partial charge in [-0.2, -0.15) is 0 Å². The molecule has 0 aliphatic rings. The predicted molar refractivity (Wildman–Crippen MR) is 247 cm³/mol. The Morgan fingerprint density at radius 1 is 0.421 bits per heavy atom. The van der Waals surface area contributed by atoms with Crippen LogP contribution < -0.4 is 5.32 Å². The molecule has 4 atom stereocenters. The summed E-state index contributed by atoms with van der Waals surface area (Å²) in [6, 6.07) is -0.987. The van der Waals surface area contributed by atoms with Crippen LogP contribution in [-0.4, -0.2) is 57.3 Å². The third kappa shape index (κ3) is 40.2. The third-order valence-corrected chi connectivity index (χ3v) is 12.2. The van der Waals surface area contributed by atoms with Crippen LogP contribution in [0.25, 0.3) is 0 Å². The number of hydrogen-bond donors (Lipinski definition) is 5. The van der Waals surface area contributed by atoms with Crippen molar-refractivity contribution in [3.63, 3.8) is 0 Å². The van der Waals surface area contributed by atoms with Crippen molar-refractivity contribution in [2.75, 3.05) is 6.61 Å². The highest BCUT2D eigenvalue weighted by molar-refractivity contribution is 5.80. The summed E-state index contributed by atoms with van der Waals surface area (Å²) in [6.07, 6.45) is 52.6. The van der Waals surface area contributed by atoms with E-state index in [4.69, 9.17) is 0 Å². The SMILES string of the molecule is CCCCCCCCCCC/C=C\CCCCCCC(O)C(=O)NC(CO)C(O)C(O)CCCCCCCCCCCCCCCCCCCCCCCCCC. The van der Waals surface area contributed by atoms with Gasteiger partial charge in [0.25, 0.3) is 0 Å². The summed E-state index contributed by atoms with van der Waals surface area (Å²) in [7, 11) is 0. The topological polar surface area (TPSA) is 110 Å². The molecule has 6 heteroatoms. The maximum Gasteiger partial charge on any atom is 0.249 e. The van der Waals surface area contributed by atoms with E-state index in [1.807, 2.05) is 0 Å². The molecule has 0 radical (unpaired) electrons. The van der Waals surface area contributed by atoms with E-state index in [1.165, 1.54) is 199 Å². The zero-order valence-electron chi connectivity index (χ0n) is 38.4. The fourth-order valence-electron chi connectivity index (χ4n) is 8.17. The van der Waals surface area contributed by atoms with Crippen molar-refractivity contribution in [1.29, 1.82) is 0 Å². The molecule has 57 heavy (non-hydrogen) atoms. The smallest absolute Gasteiger partial charge is 0.249 e. The minimum Gasteiger partial charge on any atom is -0.394 e. The number of aliphatic hydroxyl groups excluding tert-OH is 4. The molecule has 0 spiro atoms. The van der Waals surface area contributed by atoms with Crippen LogP contribution in [-0.2, 0) is 4.79 Å². The van der Waals surface area contributed by atoms with Crippen LogP contribution in [0.5, 0.6) is 0 Å². The van der Waals surface area contributed by atoms with E-state index in [0.717, 1.165) is 51.4 Å². The van der Waals surface area contributed by atoms with Crippen molar-refractivity contribution in [2.24, 2.45) is 0 Å². The summed E-state index contributed by atoms with van der Waals surface area (Å²) in [4.78, 5) is 12.5. The number of carbonyl (C=O) groups is 1. The van der Waals surface area contributed by atoms with Gasteiger partial charge >= 0.3 is 0 Å². The van der Waals surface area contributed by atoms with Crippen LogP contribution in [0.3, 0.4) is 0 Å². The van der Waals surface area contributed by atoms with Crippen molar-refractivity contribution in [3.8, 4) is 0 Å². The highest BCUT2D eigenvalue weighted by Crippen LogP contribution is 2.18. The molecule has 0 aromatic heterocycles. The first-order valence-corrected chi connectivity index (χ1v) is 25.6. The van der Waals surface area contributed by atoms with Crippen molar-refractivity contribution >= 4 is 5.91 Å². The Kier molecular flexibility index (Phi) is 45.4. The van der Waals surface area contributed by atoms with Gasteiger partial charge in [-0.25, -0.2) is 0 Å². The molecular formula is C51H101NO5. The van der Waals surface area contributed by atoms with Gasteiger partial charge in [-0.15, -0.1) is 0 Å². The summed E-state index contributed by atoms with van der Waals surface area (Å²) >= 11 is 0. The molecule has 0 bridgehead atoms. The van der Waals surface area contributed by atoms with Crippen molar-refractivity contribution in [2.45, 2.75) is 301 Å². The number of amides is 1. The monoisotopic (exact) mass is 808 g/mol. The summed E-state index contributed by atoms with van der Waals surface area (Å²) in [5.41, 5.74) is 0. The highest BCUT2D eigenvalue weighted by Gasteiger charge is 2.28. The lowest BCUT2D eigenvalue weighted by Gasteiger charge is -2.27. The average molecular weight is 808 g/mol. The van der Waals surface area contributed by atoms with Crippen LogP contribution in [0.1, 0.15) is 277 Å². The van der Waals surface area contributed by atoms with E-state index in [1.54, 1.807) is 0 Å². The molecule has 4 unspecified atom stereocenters. The second kappa shape index (κ2) is 46.1. The van der Waals surface area contributed by atoms with Crippen molar-refractivity contribution in [1.82, 2.24) is 5.32 Å². The fourth-order valence-corrected chi connectivity index (χ4v) is 8.17. The van der Waals surface area contributed by atoms with Crippen molar-refractivity contribution in [3.05, 3.63) is 12.2 Å². The molecule has 340 valence electrons. The second-order valence-electron chi connectivity index (χ2n) is 17.9. The van der Waals surface area contributed by atoms with Crippen LogP contribution in [0.2, 0.25) is 0 Å². The summed E-state index contributed by atoms with van der Waals surface area (Å²) < 4.78 is 0. The number of aliphatic hydroxyl groups is 4. The predicted octanol–water partition coefficient (Wildman–Crippen LogP) is 14.1. The van der Waals surface area contributed by atoms with E-state index in [-0.39, 0.29) is 0 Å². The quantitative estimate of drug-likeness (QED) is 0.0311. The summed E-state index contributed by atoms with van der Waals surface area (Å²) in [5.74, 6) is -0.588. The molecule has 0 aliphatic carbocycles. The maximum atomic E-state index is 12.5. The summed E-state index contributed by atoms with van der Waals surface area (Å²) in [5, 5.41) is 43.9. The first-order valence-electron chi connectivity index (χ1n) is 25.6. The molecule has 1 amide bonds. The van der Waals surface area contributed by atoms with Crippen LogP contribution in [0, 0.1) is 0 Å². The van der Waals surface area contributed by atoms with Gasteiger partial charge in [-0.05, 0) is 38.5 Å². The molecule has 6 nitrogen and oxygen atoms in total. The van der Waals surface area contributed by atoms with Crippen LogP contribution in [0.4, 0.5) is 0 Å². The van der Waals surface area contributed by atoms with E-state index >= 15 is 0 Å². The van der Waals surface area contributed by atoms with E-state index in [2.05, 4.69) is 31.3 Å². The number of hydrogen-bond acceptors (Lipinski definition) is 5. The molecule has 0 saturated heterocycles. The highest BCUT2D eigenvalue weighted by atomic mass is 16.3. The third-order valence-electron chi connectivity index (χ3n) is 12.2. The average Bonchev–Trinajstić information content (AvgIpc) is 3.22. The van der Waals surface area contributed by atoms with Crippen molar-refractivity contribution < 1.29 is 25.2 Å². The molecule has 0 aromatic carbocycles. The minimum atomic E-state index is -1.26. The van der Waals surface area contributed by atoms with Crippen LogP contribution in [0.15, 0.2) is 12.2 Å². The normalized spacial score (nSPS) is 14.0. The molecule has 0 aromatic rings. The largest absolute Gasteiger partial charge is 0.394 e. The van der Waals surface area contributed by atoms with E-state index in [9.17, 15) is 25.2 Å². The van der Waals surface area contributed by atoms with Gasteiger partial charge < -0.3 is 25.7 Å². The lowest BCUT2D eigenvalue weighted by molar-refractivity contribution is -0.132. The van der Waals surface area contributed by atoms with Gasteiger partial charge in [-0.1, -0.05) is 251 Å². The molecular weight excluding hydrogens is 707 g/mol. The number of unbranched alkanes of at least 4 members (excludes halogenated alkanes) is 36. The number of allylic oxidation sites excluding steroid dienone is 2. The van der Waals surface area contributed by atoms with Gasteiger partial charge in [-0.3, -0.25) is 4.79 Å². The minimum absolute atomic E-state index is 0.358. The number of nitrogens with one attached hydrogen (secondary N) is 1. The Hall–Kier alpha value is -0.950. The standard InChI is InChI=1S/C51H101NO5/c1-3-5-7-9-11-13-15-17-19-21-22-23-24-25-26-27-29-30-32-34-36-38-40-42-44-48(54)50(56)47(46-53)52-51(57)49(55)45-43-41-39-37-35-33-31-28-20-18-16-14-12-10-8-6-4-2/h31,33,47-50,53-56H,3-30,32,34-46H2,1-2H3,(H,52,57)/b33-31-. The zero-order chi connectivity index (χ0) is 41.7. The molecule has 0 rings (SSSR count). The molecule has 0 aliphatic heterocycles. The number of rotatable bonds is 47. The maximum absolute atomic E-state index is 12.5. The van der Waals surface area contributed by atoms with E-state index in [0.29, 0.717) is 12.8 Å². The van der Waals surface area contributed by atoms with Gasteiger partial charge in [0.15, 0.2) is 0 Å². The van der Waals surface area contributed by atoms with Gasteiger partial charge in [0, 0.05) is 0 Å². The first-order chi connectivity index (χ1) is 28.0. The Balaban J connectivity index is 3.65. The zero-order valence-corrected chi connectivity index (χ0v) is 38.4. The molecule has 0 heterocycles. The summed E-state index contributed by atoms with van der Waals surface area (Å²) in [6.45, 7) is 4.07. The Morgan fingerprint density at radius 2 is 0.702 bits per heavy atom. The van der Waals surface area contributed by atoms with Crippen LogP contribution >= 0.6 is 0 Å². The Morgan fingerprint density at radius 3 is 1.02 bits per heavy atom. The Labute approximate surface area is 355 Å².